The third-order valence-corrected chi connectivity index (χ3v) is 3.25. The van der Waals surface area contributed by atoms with E-state index in [1.165, 1.54) is 0 Å². The summed E-state index contributed by atoms with van der Waals surface area (Å²) in [7, 11) is 0. The number of nitrogens with one attached hydrogen (secondary N) is 1. The normalized spacial score (nSPS) is 18.3. The van der Waals surface area contributed by atoms with Gasteiger partial charge < -0.3 is 5.32 Å². The number of aromatic nitrogens is 2. The Morgan fingerprint density at radius 1 is 1.29 bits per heavy atom. The zero-order valence-electron chi connectivity index (χ0n) is 10.9. The molecule has 1 aliphatic rings. The van der Waals surface area contributed by atoms with E-state index >= 15 is 0 Å². The molecular formula is C13H21N3O. The molecule has 1 aromatic heterocycles. The summed E-state index contributed by atoms with van der Waals surface area (Å²) in [6.07, 6.45) is 1.97. The second-order valence-corrected chi connectivity index (χ2v) is 5.73. The molecule has 17 heavy (non-hydrogen) atoms. The van der Waals surface area contributed by atoms with Crippen LogP contribution in [0.4, 0.5) is 0 Å². The van der Waals surface area contributed by atoms with Crippen molar-refractivity contribution < 1.29 is 0 Å². The van der Waals surface area contributed by atoms with Gasteiger partial charge in [-0.05, 0) is 32.0 Å². The summed E-state index contributed by atoms with van der Waals surface area (Å²) in [5, 5.41) is 7.85. The Kier molecular flexibility index (Phi) is 3.33. The molecule has 1 fully saturated rings. The lowest BCUT2D eigenvalue weighted by Crippen LogP contribution is -2.36. The molecule has 0 spiro atoms. The smallest absolute Gasteiger partial charge is 0.267 e. The number of hydrogen-bond acceptors (Lipinski definition) is 3. The second kappa shape index (κ2) is 4.61. The highest BCUT2D eigenvalue weighted by molar-refractivity contribution is 5.11. The molecule has 0 amide bonds. The van der Waals surface area contributed by atoms with Gasteiger partial charge in [0.1, 0.15) is 0 Å². The van der Waals surface area contributed by atoms with Crippen LogP contribution in [0.2, 0.25) is 0 Å². The Morgan fingerprint density at radius 2 is 1.94 bits per heavy atom. The average Bonchev–Trinajstić information content (AvgIpc) is 2.29. The van der Waals surface area contributed by atoms with Crippen LogP contribution in [0.5, 0.6) is 0 Å². The minimum Gasteiger partial charge on any atom is -0.317 e. The summed E-state index contributed by atoms with van der Waals surface area (Å²) in [4.78, 5) is 11.9. The Labute approximate surface area is 102 Å². The van der Waals surface area contributed by atoms with Crippen molar-refractivity contribution in [3.05, 3.63) is 28.2 Å². The van der Waals surface area contributed by atoms with Crippen LogP contribution in [0.1, 0.15) is 45.3 Å². The first-order chi connectivity index (χ1) is 7.98. The van der Waals surface area contributed by atoms with Crippen molar-refractivity contribution in [3.8, 4) is 0 Å². The van der Waals surface area contributed by atoms with E-state index in [1.807, 2.05) is 6.07 Å². The largest absolute Gasteiger partial charge is 0.317 e. The van der Waals surface area contributed by atoms with Gasteiger partial charge in [-0.3, -0.25) is 4.79 Å². The molecule has 1 N–H and O–H groups in total. The molecule has 1 aromatic rings. The second-order valence-electron chi connectivity index (χ2n) is 5.73. The van der Waals surface area contributed by atoms with Crippen LogP contribution in [0, 0.1) is 0 Å². The number of hydrogen-bond donors (Lipinski definition) is 1. The van der Waals surface area contributed by atoms with E-state index in [-0.39, 0.29) is 17.0 Å². The van der Waals surface area contributed by atoms with Crippen LogP contribution in [-0.2, 0) is 5.41 Å². The number of piperidine rings is 1. The van der Waals surface area contributed by atoms with Gasteiger partial charge in [0.05, 0.1) is 11.7 Å². The summed E-state index contributed by atoms with van der Waals surface area (Å²) in [5.74, 6) is 0. The molecule has 0 radical (unpaired) electrons. The summed E-state index contributed by atoms with van der Waals surface area (Å²) in [6, 6.07) is 3.75. The van der Waals surface area contributed by atoms with Crippen molar-refractivity contribution in [2.45, 2.75) is 45.1 Å². The van der Waals surface area contributed by atoms with Crippen molar-refractivity contribution in [1.82, 2.24) is 15.1 Å². The molecule has 2 heterocycles. The summed E-state index contributed by atoms with van der Waals surface area (Å²) in [5.41, 5.74) is 0.989. The Balaban J connectivity index is 2.35. The van der Waals surface area contributed by atoms with Crippen molar-refractivity contribution in [3.63, 3.8) is 0 Å². The maximum atomic E-state index is 11.9. The van der Waals surface area contributed by atoms with Crippen LogP contribution in [0.25, 0.3) is 0 Å². The highest BCUT2D eigenvalue weighted by Crippen LogP contribution is 2.20. The van der Waals surface area contributed by atoms with E-state index in [2.05, 4.69) is 31.2 Å². The van der Waals surface area contributed by atoms with E-state index in [9.17, 15) is 4.79 Å². The SMILES string of the molecule is CC(C)(C)c1ccc(=O)n(C2CCNCC2)n1. The first-order valence-electron chi connectivity index (χ1n) is 6.29. The maximum Gasteiger partial charge on any atom is 0.267 e. The van der Waals surface area contributed by atoms with E-state index in [1.54, 1.807) is 10.7 Å². The highest BCUT2D eigenvalue weighted by Gasteiger charge is 2.21. The van der Waals surface area contributed by atoms with Crippen LogP contribution >= 0.6 is 0 Å². The van der Waals surface area contributed by atoms with Gasteiger partial charge in [0.25, 0.3) is 5.56 Å². The molecule has 94 valence electrons. The molecule has 0 unspecified atom stereocenters. The fraction of sp³-hybridized carbons (Fsp3) is 0.692. The zero-order chi connectivity index (χ0) is 12.5. The van der Waals surface area contributed by atoms with Gasteiger partial charge >= 0.3 is 0 Å². The third-order valence-electron chi connectivity index (χ3n) is 3.25. The van der Waals surface area contributed by atoms with Gasteiger partial charge in [0.2, 0.25) is 0 Å². The standard InChI is InChI=1S/C13H21N3O/c1-13(2,3)11-4-5-12(17)16(15-11)10-6-8-14-9-7-10/h4-5,10,14H,6-9H2,1-3H3. The van der Waals surface area contributed by atoms with Crippen LogP contribution in [-0.4, -0.2) is 22.9 Å². The number of nitrogens with zero attached hydrogens (tertiary/aromatic N) is 2. The van der Waals surface area contributed by atoms with Crippen LogP contribution < -0.4 is 10.9 Å². The lowest BCUT2D eigenvalue weighted by Gasteiger charge is -2.25. The number of rotatable bonds is 1. The van der Waals surface area contributed by atoms with Crippen LogP contribution in [0.3, 0.4) is 0 Å². The first kappa shape index (κ1) is 12.3. The minimum absolute atomic E-state index is 0.0115. The molecule has 1 saturated heterocycles. The lowest BCUT2D eigenvalue weighted by atomic mass is 9.92. The molecule has 0 aliphatic carbocycles. The minimum atomic E-state index is -0.0115. The zero-order valence-corrected chi connectivity index (χ0v) is 10.9. The first-order valence-corrected chi connectivity index (χ1v) is 6.29. The van der Waals surface area contributed by atoms with Gasteiger partial charge in [-0.2, -0.15) is 5.10 Å². The van der Waals surface area contributed by atoms with E-state index in [0.29, 0.717) is 0 Å². The van der Waals surface area contributed by atoms with Gasteiger partial charge in [0, 0.05) is 11.5 Å². The molecule has 4 nitrogen and oxygen atoms in total. The molecule has 0 saturated carbocycles. The van der Waals surface area contributed by atoms with E-state index in [4.69, 9.17) is 0 Å². The summed E-state index contributed by atoms with van der Waals surface area (Å²) in [6.45, 7) is 8.29. The van der Waals surface area contributed by atoms with Crippen molar-refractivity contribution in [1.29, 1.82) is 0 Å². The predicted octanol–water partition coefficient (Wildman–Crippen LogP) is 1.47. The topological polar surface area (TPSA) is 46.9 Å². The highest BCUT2D eigenvalue weighted by atomic mass is 16.1. The van der Waals surface area contributed by atoms with E-state index < -0.39 is 0 Å². The fourth-order valence-corrected chi connectivity index (χ4v) is 2.14. The average molecular weight is 235 g/mol. The van der Waals surface area contributed by atoms with E-state index in [0.717, 1.165) is 31.6 Å². The third kappa shape index (κ3) is 2.75. The monoisotopic (exact) mass is 235 g/mol. The van der Waals surface area contributed by atoms with Gasteiger partial charge in [0.15, 0.2) is 0 Å². The van der Waals surface area contributed by atoms with Gasteiger partial charge in [-0.1, -0.05) is 20.8 Å². The molecule has 4 heteroatoms. The molecule has 2 rings (SSSR count). The Morgan fingerprint density at radius 3 is 2.53 bits per heavy atom. The Hall–Kier alpha value is -1.16. The van der Waals surface area contributed by atoms with Crippen molar-refractivity contribution in [2.75, 3.05) is 13.1 Å². The van der Waals surface area contributed by atoms with Crippen molar-refractivity contribution >= 4 is 0 Å². The fourth-order valence-electron chi connectivity index (χ4n) is 2.14. The summed E-state index contributed by atoms with van der Waals surface area (Å²) >= 11 is 0. The molecule has 0 bridgehead atoms. The predicted molar refractivity (Wildman–Crippen MR) is 68.3 cm³/mol. The molecule has 0 atom stereocenters. The molecule has 1 aliphatic heterocycles. The van der Waals surface area contributed by atoms with Gasteiger partial charge in [-0.15, -0.1) is 0 Å². The molecule has 0 aromatic carbocycles. The quantitative estimate of drug-likeness (QED) is 0.801. The van der Waals surface area contributed by atoms with Gasteiger partial charge in [-0.25, -0.2) is 4.68 Å². The summed E-state index contributed by atoms with van der Waals surface area (Å²) < 4.78 is 1.68. The van der Waals surface area contributed by atoms with Crippen LogP contribution in [0.15, 0.2) is 16.9 Å². The lowest BCUT2D eigenvalue weighted by molar-refractivity contribution is 0.324. The Bertz CT molecular complexity index is 439. The molecular weight excluding hydrogens is 214 g/mol. The van der Waals surface area contributed by atoms with Crippen molar-refractivity contribution in [2.24, 2.45) is 0 Å². The maximum absolute atomic E-state index is 11.9.